The molecule has 0 saturated carbocycles. The molecule has 1 aliphatic rings. The van der Waals surface area contributed by atoms with Crippen LogP contribution in [0.1, 0.15) is 37.7 Å². The Balaban J connectivity index is 2.31. The van der Waals surface area contributed by atoms with Gasteiger partial charge in [-0.25, -0.2) is 12.8 Å². The molecule has 6 heteroatoms. The van der Waals surface area contributed by atoms with E-state index in [1.54, 1.807) is 6.07 Å². The first-order valence-corrected chi connectivity index (χ1v) is 8.19. The van der Waals surface area contributed by atoms with Gasteiger partial charge < -0.3 is 0 Å². The van der Waals surface area contributed by atoms with Crippen molar-refractivity contribution in [1.29, 1.82) is 5.26 Å². The number of nitrogens with zero attached hydrogens (tertiary/aromatic N) is 2. The highest BCUT2D eigenvalue weighted by Crippen LogP contribution is 2.21. The summed E-state index contributed by atoms with van der Waals surface area (Å²) in [6, 6.07) is 5.05. The molecule has 1 aromatic carbocycles. The number of rotatable bonds is 2. The average Bonchev–Trinajstić information content (AvgIpc) is 2.38. The lowest BCUT2D eigenvalue weighted by molar-refractivity contribution is 0.364. The van der Waals surface area contributed by atoms with E-state index in [1.807, 2.05) is 0 Å². The van der Waals surface area contributed by atoms with Crippen LogP contribution in [0.3, 0.4) is 0 Å². The van der Waals surface area contributed by atoms with Gasteiger partial charge in [-0.15, -0.1) is 0 Å². The minimum Gasteiger partial charge on any atom is -0.207 e. The molecule has 0 N–H and O–H groups in total. The number of hydrogen-bond acceptors (Lipinski definition) is 3. The molecule has 0 spiro atoms. The molecule has 0 aliphatic carbocycles. The molecule has 0 atom stereocenters. The van der Waals surface area contributed by atoms with Gasteiger partial charge in [0.15, 0.2) is 0 Å². The zero-order valence-electron chi connectivity index (χ0n) is 11.2. The molecule has 20 heavy (non-hydrogen) atoms. The Morgan fingerprint density at radius 3 is 2.30 bits per heavy atom. The van der Waals surface area contributed by atoms with E-state index in [1.165, 1.54) is 10.4 Å². The van der Waals surface area contributed by atoms with Crippen molar-refractivity contribution in [1.82, 2.24) is 4.31 Å². The quantitative estimate of drug-likeness (QED) is 0.843. The fourth-order valence-corrected chi connectivity index (χ4v) is 3.90. The van der Waals surface area contributed by atoms with E-state index < -0.39 is 15.8 Å². The molecular weight excluding hydrogens is 279 g/mol. The fourth-order valence-electron chi connectivity index (χ4n) is 2.36. The smallest absolute Gasteiger partial charge is 0.207 e. The van der Waals surface area contributed by atoms with E-state index in [0.29, 0.717) is 13.1 Å². The summed E-state index contributed by atoms with van der Waals surface area (Å²) in [7, 11) is -3.64. The van der Waals surface area contributed by atoms with E-state index in [2.05, 4.69) is 0 Å². The van der Waals surface area contributed by atoms with Crippen LogP contribution >= 0.6 is 0 Å². The third-order valence-corrected chi connectivity index (χ3v) is 5.41. The van der Waals surface area contributed by atoms with Crippen LogP contribution in [0, 0.1) is 17.1 Å². The van der Waals surface area contributed by atoms with Crippen molar-refractivity contribution >= 4 is 10.0 Å². The lowest BCUT2D eigenvalue weighted by Gasteiger charge is -2.24. The number of nitriles is 1. The maximum absolute atomic E-state index is 13.3. The zero-order chi connectivity index (χ0) is 14.6. The number of benzene rings is 1. The second kappa shape index (κ2) is 6.33. The van der Waals surface area contributed by atoms with Crippen LogP contribution in [0.25, 0.3) is 0 Å². The van der Waals surface area contributed by atoms with Crippen LogP contribution in [-0.2, 0) is 10.0 Å². The molecule has 4 nitrogen and oxygen atoms in total. The number of halogens is 1. The minimum absolute atomic E-state index is 0.00368. The lowest BCUT2D eigenvalue weighted by atomic mass is 10.1. The van der Waals surface area contributed by atoms with Crippen LogP contribution in [0.2, 0.25) is 0 Å². The summed E-state index contributed by atoms with van der Waals surface area (Å²) in [5.41, 5.74) is -0.238. The third kappa shape index (κ3) is 3.17. The van der Waals surface area contributed by atoms with Gasteiger partial charge in [-0.1, -0.05) is 19.3 Å². The molecule has 1 heterocycles. The van der Waals surface area contributed by atoms with Crippen molar-refractivity contribution in [3.63, 3.8) is 0 Å². The molecule has 1 fully saturated rings. The second-order valence-electron chi connectivity index (χ2n) is 4.93. The Bertz CT molecular complexity index is 615. The van der Waals surface area contributed by atoms with Gasteiger partial charge in [-0.2, -0.15) is 9.57 Å². The van der Waals surface area contributed by atoms with Crippen molar-refractivity contribution in [3.05, 3.63) is 29.6 Å². The Kier molecular flexibility index (Phi) is 4.73. The van der Waals surface area contributed by atoms with E-state index >= 15 is 0 Å². The average molecular weight is 296 g/mol. The summed E-state index contributed by atoms with van der Waals surface area (Å²) in [4.78, 5) is -0.00368. The van der Waals surface area contributed by atoms with Crippen LogP contribution in [-0.4, -0.2) is 25.8 Å². The van der Waals surface area contributed by atoms with Gasteiger partial charge in [0.05, 0.1) is 10.5 Å². The highest BCUT2D eigenvalue weighted by atomic mass is 32.2. The molecule has 0 radical (unpaired) electrons. The van der Waals surface area contributed by atoms with Crippen molar-refractivity contribution < 1.29 is 12.8 Å². The first kappa shape index (κ1) is 14.9. The summed E-state index contributed by atoms with van der Waals surface area (Å²) in [6.07, 6.45) is 4.87. The Labute approximate surface area is 118 Å². The highest BCUT2D eigenvalue weighted by Gasteiger charge is 2.25. The Morgan fingerprint density at radius 1 is 1.10 bits per heavy atom. The van der Waals surface area contributed by atoms with Crippen LogP contribution in [0.4, 0.5) is 4.39 Å². The Morgan fingerprint density at radius 2 is 1.70 bits per heavy atom. The largest absolute Gasteiger partial charge is 0.243 e. The maximum atomic E-state index is 13.3. The molecule has 0 bridgehead atoms. The SMILES string of the molecule is N#Cc1cc(S(=O)(=O)N2CCCCCCC2)ccc1F. The van der Waals surface area contributed by atoms with Gasteiger partial charge in [-0.3, -0.25) is 0 Å². The summed E-state index contributed by atoms with van der Waals surface area (Å²) in [6.45, 7) is 0.975. The third-order valence-electron chi connectivity index (χ3n) is 3.51. The number of hydrogen-bond donors (Lipinski definition) is 0. The van der Waals surface area contributed by atoms with Gasteiger partial charge in [0, 0.05) is 13.1 Å². The molecule has 2 rings (SSSR count). The van der Waals surface area contributed by atoms with E-state index in [9.17, 15) is 12.8 Å². The summed E-state index contributed by atoms with van der Waals surface area (Å²) in [5.74, 6) is -0.695. The zero-order valence-corrected chi connectivity index (χ0v) is 12.0. The topological polar surface area (TPSA) is 61.2 Å². The predicted molar refractivity (Wildman–Crippen MR) is 73.0 cm³/mol. The monoisotopic (exact) mass is 296 g/mol. The summed E-state index contributed by atoms with van der Waals surface area (Å²) < 4.78 is 39.8. The molecule has 1 aliphatic heterocycles. The van der Waals surface area contributed by atoms with Crippen molar-refractivity contribution in [3.8, 4) is 6.07 Å². The maximum Gasteiger partial charge on any atom is 0.243 e. The van der Waals surface area contributed by atoms with Gasteiger partial charge in [0.1, 0.15) is 11.9 Å². The number of sulfonamides is 1. The van der Waals surface area contributed by atoms with Crippen molar-refractivity contribution in [2.24, 2.45) is 0 Å². The van der Waals surface area contributed by atoms with E-state index in [-0.39, 0.29) is 10.5 Å². The first-order valence-electron chi connectivity index (χ1n) is 6.75. The standard InChI is InChI=1S/C14H17FN2O2S/c15-14-7-6-13(10-12(14)11-16)20(18,19)17-8-4-2-1-3-5-9-17/h6-7,10H,1-5,8-9H2. The summed E-state index contributed by atoms with van der Waals surface area (Å²) in [5, 5.41) is 8.80. The van der Waals surface area contributed by atoms with E-state index in [4.69, 9.17) is 5.26 Å². The van der Waals surface area contributed by atoms with Crippen LogP contribution in [0.5, 0.6) is 0 Å². The highest BCUT2D eigenvalue weighted by molar-refractivity contribution is 7.89. The molecule has 0 unspecified atom stereocenters. The molecule has 0 aromatic heterocycles. The first-order chi connectivity index (χ1) is 9.55. The molecule has 0 amide bonds. The van der Waals surface area contributed by atoms with Gasteiger partial charge in [0.2, 0.25) is 10.0 Å². The molecule has 108 valence electrons. The minimum atomic E-state index is -3.64. The second-order valence-corrected chi connectivity index (χ2v) is 6.86. The van der Waals surface area contributed by atoms with Crippen molar-refractivity contribution in [2.45, 2.75) is 37.0 Å². The fraction of sp³-hybridized carbons (Fsp3) is 0.500. The van der Waals surface area contributed by atoms with Gasteiger partial charge >= 0.3 is 0 Å². The summed E-state index contributed by atoms with van der Waals surface area (Å²) >= 11 is 0. The van der Waals surface area contributed by atoms with E-state index in [0.717, 1.165) is 44.2 Å². The molecule has 1 saturated heterocycles. The Hall–Kier alpha value is -1.45. The van der Waals surface area contributed by atoms with Crippen molar-refractivity contribution in [2.75, 3.05) is 13.1 Å². The van der Waals surface area contributed by atoms with Crippen LogP contribution in [0.15, 0.2) is 23.1 Å². The van der Waals surface area contributed by atoms with Gasteiger partial charge in [-0.05, 0) is 31.0 Å². The van der Waals surface area contributed by atoms with Crippen LogP contribution < -0.4 is 0 Å². The lowest BCUT2D eigenvalue weighted by Crippen LogP contribution is -2.33. The molecular formula is C14H17FN2O2S. The predicted octanol–water partition coefficient (Wildman–Crippen LogP) is 2.65. The molecule has 1 aromatic rings. The van der Waals surface area contributed by atoms with Gasteiger partial charge in [0.25, 0.3) is 0 Å². The normalized spacial score (nSPS) is 18.0.